The molecule has 0 radical (unpaired) electrons. The van der Waals surface area contributed by atoms with E-state index >= 15 is 19.2 Å². The van der Waals surface area contributed by atoms with Gasteiger partial charge in [0.1, 0.15) is 66.5 Å². The van der Waals surface area contributed by atoms with Gasteiger partial charge in [-0.3, -0.25) is 71.9 Å². The summed E-state index contributed by atoms with van der Waals surface area (Å²) < 4.78 is 0. The van der Waals surface area contributed by atoms with Crippen molar-refractivity contribution in [1.29, 1.82) is 0 Å². The van der Waals surface area contributed by atoms with Crippen LogP contribution >= 0.6 is 0 Å². The number of likely N-dealkylation sites (tertiary alicyclic amines) is 2. The third-order valence-corrected chi connectivity index (χ3v) is 20.4. The number of carbonyl (C=O) groups is 15. The van der Waals surface area contributed by atoms with Crippen LogP contribution in [0.5, 0.6) is 0 Å². The number of primary amides is 1. The van der Waals surface area contributed by atoms with Gasteiger partial charge < -0.3 is 77.0 Å². The van der Waals surface area contributed by atoms with E-state index in [9.17, 15) is 57.8 Å². The van der Waals surface area contributed by atoms with E-state index < -0.39 is 169 Å². The third kappa shape index (κ3) is 28.5. The number of aliphatic carboxylic acids is 1. The van der Waals surface area contributed by atoms with Crippen LogP contribution in [-0.4, -0.2) is 256 Å². The topological polar surface area (TPSA) is 397 Å². The zero-order chi connectivity index (χ0) is 83.4. The second-order valence-corrected chi connectivity index (χ2v) is 31.6. The summed E-state index contributed by atoms with van der Waals surface area (Å²) in [6.45, 7) is 18.2. The van der Waals surface area contributed by atoms with Crippen LogP contribution in [-0.2, 0) is 91.2 Å². The van der Waals surface area contributed by atoms with Crippen LogP contribution in [0.25, 0.3) is 0 Å². The molecule has 2 fully saturated rings. The van der Waals surface area contributed by atoms with E-state index in [1.807, 2.05) is 71.9 Å². The summed E-state index contributed by atoms with van der Waals surface area (Å²) in [7, 11) is 7.01. The normalized spacial score (nSPS) is 16.2. The largest absolute Gasteiger partial charge is 0.481 e. The van der Waals surface area contributed by atoms with Crippen LogP contribution in [0.2, 0.25) is 0 Å². The van der Waals surface area contributed by atoms with Crippen molar-refractivity contribution in [3.8, 4) is 0 Å². The van der Waals surface area contributed by atoms with Crippen LogP contribution in [0.4, 0.5) is 0 Å². The molecule has 0 unspecified atom stereocenters. The molecule has 14 amide bonds. The monoisotopic (exact) mass is 1560 g/mol. The number of carbonyl (C=O) groups excluding carboxylic acids is 14. The summed E-state index contributed by atoms with van der Waals surface area (Å²) in [4.78, 5) is 222. The molecule has 0 saturated carbocycles. The smallest absolute Gasteiger partial charge is 0.303 e. The Morgan fingerprint density at radius 2 is 0.920 bits per heavy atom. The molecule has 112 heavy (non-hydrogen) atoms. The average molecular weight is 1560 g/mol. The van der Waals surface area contributed by atoms with E-state index in [-0.39, 0.29) is 93.4 Å². The van der Waals surface area contributed by atoms with Crippen LogP contribution in [0, 0.1) is 23.7 Å². The Bertz CT molecular complexity index is 3710. The highest BCUT2D eigenvalue weighted by Gasteiger charge is 2.44. The zero-order valence-electron chi connectivity index (χ0n) is 68.0. The highest BCUT2D eigenvalue weighted by atomic mass is 16.4. The van der Waals surface area contributed by atoms with Gasteiger partial charge in [0.2, 0.25) is 82.7 Å². The van der Waals surface area contributed by atoms with Crippen molar-refractivity contribution in [2.45, 2.75) is 232 Å². The zero-order valence-corrected chi connectivity index (χ0v) is 68.0. The molecular weight excluding hydrogens is 1440 g/mol. The first-order valence-corrected chi connectivity index (χ1v) is 39.1. The van der Waals surface area contributed by atoms with Crippen molar-refractivity contribution in [2.75, 3.05) is 61.4 Å². The highest BCUT2D eigenvalue weighted by Crippen LogP contribution is 2.25. The molecule has 0 aromatic heterocycles. The molecule has 5 rings (SSSR count). The minimum absolute atomic E-state index is 0.0183. The lowest BCUT2D eigenvalue weighted by atomic mass is 9.97. The van der Waals surface area contributed by atoms with Crippen molar-refractivity contribution in [3.05, 3.63) is 108 Å². The maximum Gasteiger partial charge on any atom is 0.303 e. The molecule has 2 aliphatic rings. The van der Waals surface area contributed by atoms with Gasteiger partial charge >= 0.3 is 5.97 Å². The predicted molar refractivity (Wildman–Crippen MR) is 421 cm³/mol. The number of carboxylic acid groups (broad SMARTS) is 1. The molecule has 2 saturated heterocycles. The first-order chi connectivity index (χ1) is 52.8. The molecule has 616 valence electrons. The number of nitrogens with one attached hydrogen (secondary N) is 6. The van der Waals surface area contributed by atoms with Gasteiger partial charge in [-0.25, -0.2) is 0 Å². The number of carboxylic acids is 1. The van der Waals surface area contributed by atoms with Gasteiger partial charge in [0.05, 0.1) is 19.4 Å². The Labute approximate surface area is 659 Å². The first-order valence-electron chi connectivity index (χ1n) is 39.1. The summed E-state index contributed by atoms with van der Waals surface area (Å²) in [5.74, 6) is -12.3. The number of amides is 14. The van der Waals surface area contributed by atoms with E-state index in [0.717, 1.165) is 34.6 Å². The van der Waals surface area contributed by atoms with Gasteiger partial charge in [0, 0.05) is 74.1 Å². The SMILES string of the molecule is CC(C)C[C@H](NC(=O)[C@H](CC(C)C)N(C)C(=O)[C@@H](Cc1ccccc1)NC(=O)[C@H](C)N(C)C(=O)[C@H](CC(C)C)N(C)C(=O)Cc1ccccc1)C(=O)N1CCC[C@H]1C(=O)N[C@H](CCC(=O)O)C(=O)N[C@H](CC(C)C)C(=O)N[C@@H](CC(=O)N(C)CC(N)=O)C(=O)N(C)[C@@H](Cc1ccccc1)C(=O)N[C@@H](C)C(=O)N1CCCCC1. The van der Waals surface area contributed by atoms with Crippen LogP contribution in [0.1, 0.15) is 163 Å². The summed E-state index contributed by atoms with van der Waals surface area (Å²) in [5, 5.41) is 26.4. The Morgan fingerprint density at radius 1 is 0.446 bits per heavy atom. The lowest BCUT2D eigenvalue weighted by Crippen LogP contribution is -2.61. The van der Waals surface area contributed by atoms with Crippen LogP contribution in [0.15, 0.2) is 91.0 Å². The molecule has 3 aromatic carbocycles. The number of likely N-dealkylation sites (N-methyl/N-ethyl adjacent to an activating group) is 5. The van der Waals surface area contributed by atoms with Gasteiger partial charge in [-0.05, 0) is 118 Å². The molecular formula is C82H122N14O16. The van der Waals surface area contributed by atoms with Crippen LogP contribution < -0.4 is 37.6 Å². The number of hydrogen-bond acceptors (Lipinski definition) is 15. The molecule has 0 spiro atoms. The van der Waals surface area contributed by atoms with Crippen molar-refractivity contribution in [2.24, 2.45) is 29.4 Å². The van der Waals surface area contributed by atoms with Gasteiger partial charge in [-0.15, -0.1) is 0 Å². The molecule has 11 atom stereocenters. The Kier molecular flexibility index (Phi) is 36.8. The van der Waals surface area contributed by atoms with Crippen molar-refractivity contribution >= 4 is 88.7 Å². The number of nitrogens with two attached hydrogens (primary N) is 1. The lowest BCUT2D eigenvalue weighted by molar-refractivity contribution is -0.148. The molecule has 2 heterocycles. The summed E-state index contributed by atoms with van der Waals surface area (Å²) >= 11 is 0. The molecule has 0 aliphatic carbocycles. The molecule has 3 aromatic rings. The maximum atomic E-state index is 15.1. The fourth-order valence-electron chi connectivity index (χ4n) is 13.9. The predicted octanol–water partition coefficient (Wildman–Crippen LogP) is 3.36. The van der Waals surface area contributed by atoms with Crippen LogP contribution in [0.3, 0.4) is 0 Å². The lowest BCUT2D eigenvalue weighted by Gasteiger charge is -2.36. The fourth-order valence-corrected chi connectivity index (χ4v) is 13.9. The van der Waals surface area contributed by atoms with E-state index in [4.69, 9.17) is 5.73 Å². The quantitative estimate of drug-likeness (QED) is 0.0403. The summed E-state index contributed by atoms with van der Waals surface area (Å²) in [6, 6.07) is 12.2. The maximum absolute atomic E-state index is 15.1. The second-order valence-electron chi connectivity index (χ2n) is 31.6. The molecule has 9 N–H and O–H groups in total. The van der Waals surface area contributed by atoms with E-state index in [2.05, 4.69) is 31.9 Å². The number of benzene rings is 3. The number of nitrogens with zero attached hydrogens (tertiary/aromatic N) is 7. The van der Waals surface area contributed by atoms with Gasteiger partial charge in [-0.2, -0.15) is 0 Å². The van der Waals surface area contributed by atoms with Crippen molar-refractivity contribution in [3.63, 3.8) is 0 Å². The fraction of sp³-hybridized carbons (Fsp3) is 0.598. The van der Waals surface area contributed by atoms with Gasteiger partial charge in [0.15, 0.2) is 0 Å². The Balaban J connectivity index is 1.39. The number of rotatable bonds is 42. The Hall–Kier alpha value is -10.3. The highest BCUT2D eigenvalue weighted by molar-refractivity contribution is 6.01. The third-order valence-electron chi connectivity index (χ3n) is 20.4. The van der Waals surface area contributed by atoms with Crippen molar-refractivity contribution in [1.82, 2.24) is 66.2 Å². The number of hydrogen-bond donors (Lipinski definition) is 8. The molecule has 30 nitrogen and oxygen atoms in total. The average Bonchev–Trinajstić information content (AvgIpc) is 1.05. The number of piperidine rings is 1. The van der Waals surface area contributed by atoms with E-state index in [1.54, 1.807) is 86.5 Å². The molecule has 30 heteroatoms. The van der Waals surface area contributed by atoms with E-state index in [0.29, 0.717) is 30.6 Å². The first kappa shape index (κ1) is 92.3. The van der Waals surface area contributed by atoms with Crippen molar-refractivity contribution < 1.29 is 77.0 Å². The Morgan fingerprint density at radius 3 is 1.46 bits per heavy atom. The molecule has 0 bridgehead atoms. The minimum atomic E-state index is -1.78. The van der Waals surface area contributed by atoms with Gasteiger partial charge in [-0.1, -0.05) is 146 Å². The summed E-state index contributed by atoms with van der Waals surface area (Å²) in [5.41, 5.74) is 7.48. The van der Waals surface area contributed by atoms with Gasteiger partial charge in [0.25, 0.3) is 0 Å². The second kappa shape index (κ2) is 44.7. The van der Waals surface area contributed by atoms with E-state index in [1.165, 1.54) is 61.6 Å². The molecule has 2 aliphatic heterocycles. The standard InChI is InChI=1S/C82H122N14O16/c1-50(2)41-60(74(104)88-63(48-69(98)90(11)49-68(83)97)80(110)94(15)66(46-57-31-22-17-23-32-57)76(106)84-54(9)78(108)95-38-26-19-27-39-95)86-73(103)59(36-37-71(100)101)85-75(105)64-35-28-40-96(64)81(111)61(42-51(3)4)89-77(107)65(43-52(5)6)93(14)79(109)62(45-56-29-20-16-21-30-56)87-72(102)55(10)91(12)82(112)67(44-53(7)8)92(13)70(99)47-58-33-24-18-25-34-58/h16-18,20-25,29-34,50-55,59-67H,19,26-28,35-49H2,1-15H3,(H2,83,97)(H,84,106)(H,85,105)(H,86,103)(H,87,102)(H,88,104)(H,89,107)(H,100,101)/t54-,55-,59+,60+,61-,62+,63-,64-,65-,66-,67-/m0/s1. The summed E-state index contributed by atoms with van der Waals surface area (Å²) in [6.07, 6.45) is 1.22. The minimum Gasteiger partial charge on any atom is -0.481 e.